The molecule has 65 heavy (non-hydrogen) atoms. The second-order valence-corrected chi connectivity index (χ2v) is 19.3. The lowest BCUT2D eigenvalue weighted by Crippen LogP contribution is -2.62. The predicted molar refractivity (Wildman–Crippen MR) is 250 cm³/mol. The molecule has 7 rings (SSSR count). The monoisotopic (exact) mass is 893 g/mol. The van der Waals surface area contributed by atoms with Crippen LogP contribution < -0.4 is 15.6 Å². The average molecular weight is 893 g/mol. The van der Waals surface area contributed by atoms with Crippen LogP contribution in [-0.2, 0) is 46.4 Å². The van der Waals surface area contributed by atoms with Gasteiger partial charge in [0, 0.05) is 87.2 Å². The molecule has 2 fully saturated rings. The highest BCUT2D eigenvalue weighted by atomic mass is 16.5. The summed E-state index contributed by atoms with van der Waals surface area (Å²) < 4.78 is 14.3. The van der Waals surface area contributed by atoms with Crippen LogP contribution in [0.15, 0.2) is 60.8 Å². The molecule has 0 spiro atoms. The third-order valence-electron chi connectivity index (χ3n) is 13.7. The smallest absolute Gasteiger partial charge is 0.324 e. The number of fused-ring (bicyclic) bond motifs is 6. The Bertz CT molecular complexity index is 2340. The number of likely N-dealkylation sites (N-methyl/N-ethyl adjacent to an activating group) is 1. The lowest BCUT2D eigenvalue weighted by atomic mass is 9.84. The molecule has 2 saturated heterocycles. The van der Waals surface area contributed by atoms with Crippen molar-refractivity contribution in [2.75, 3.05) is 58.4 Å². The molecule has 1 aromatic carbocycles. The fourth-order valence-corrected chi connectivity index (χ4v) is 10.2. The number of nitrogens with zero attached hydrogens (tertiary/aromatic N) is 6. The molecule has 3 aromatic rings. The van der Waals surface area contributed by atoms with Gasteiger partial charge in [0.15, 0.2) is 0 Å². The number of carbonyl (C=O) groups excluding carboxylic acids is 5. The molecule has 4 amide bonds. The molecule has 15 nitrogen and oxygen atoms in total. The SMILES string of the molecule is C=CC(=O)N1CC[C@H](C(=O)N(C)[C@H](C(=O)N[C@H]2CC3=CCCN(C3)c3ccc4c(c3)c(c(-c3cccnc3[C@H](C)OC)n4CC)CC(C)(C)COC(=O)[C@@H]3CCCN(N3)C2=O)C(C)C)C1. The maximum Gasteiger partial charge on any atom is 0.324 e. The number of aryl methyl sites for hydroxylation is 1. The third-order valence-corrected chi connectivity index (χ3v) is 13.7. The minimum Gasteiger partial charge on any atom is -0.464 e. The number of benzene rings is 1. The van der Waals surface area contributed by atoms with Crippen LogP contribution in [0.5, 0.6) is 0 Å². The summed E-state index contributed by atoms with van der Waals surface area (Å²) in [4.78, 5) is 79.6. The van der Waals surface area contributed by atoms with E-state index in [0.717, 1.165) is 64.2 Å². The van der Waals surface area contributed by atoms with Crippen LogP contribution in [-0.4, -0.2) is 126 Å². The van der Waals surface area contributed by atoms with Gasteiger partial charge in [-0.25, -0.2) is 5.43 Å². The van der Waals surface area contributed by atoms with E-state index < -0.39 is 41.3 Å². The van der Waals surface area contributed by atoms with Gasteiger partial charge in [-0.15, -0.1) is 0 Å². The minimum atomic E-state index is -0.996. The second kappa shape index (κ2) is 19.9. The van der Waals surface area contributed by atoms with Gasteiger partial charge < -0.3 is 34.1 Å². The molecule has 4 aliphatic rings. The molecule has 0 radical (unpaired) electrons. The van der Waals surface area contributed by atoms with Crippen LogP contribution in [0.3, 0.4) is 0 Å². The summed E-state index contributed by atoms with van der Waals surface area (Å²) in [5.41, 5.74) is 9.88. The number of likely N-dealkylation sites (tertiary alicyclic amines) is 1. The maximum absolute atomic E-state index is 14.7. The normalized spacial score (nSPS) is 22.5. The Morgan fingerprint density at radius 1 is 1.12 bits per heavy atom. The lowest BCUT2D eigenvalue weighted by Gasteiger charge is -2.38. The van der Waals surface area contributed by atoms with Crippen LogP contribution in [0, 0.1) is 17.3 Å². The summed E-state index contributed by atoms with van der Waals surface area (Å²) in [7, 11) is 3.32. The van der Waals surface area contributed by atoms with Crippen molar-refractivity contribution < 1.29 is 33.4 Å². The highest BCUT2D eigenvalue weighted by molar-refractivity contribution is 5.96. The van der Waals surface area contributed by atoms with Gasteiger partial charge in [-0.05, 0) is 100 Å². The number of ether oxygens (including phenoxy) is 2. The largest absolute Gasteiger partial charge is 0.464 e. The Morgan fingerprint density at radius 2 is 1.91 bits per heavy atom. The highest BCUT2D eigenvalue weighted by Crippen LogP contribution is 2.42. The zero-order valence-corrected chi connectivity index (χ0v) is 39.5. The molecule has 2 N–H and O–H groups in total. The first-order chi connectivity index (χ1) is 31.0. The molecule has 0 saturated carbocycles. The number of rotatable bonds is 10. The fourth-order valence-electron chi connectivity index (χ4n) is 10.2. The van der Waals surface area contributed by atoms with E-state index >= 15 is 0 Å². The quantitative estimate of drug-likeness (QED) is 0.150. The number of nitrogens with one attached hydrogen (secondary N) is 2. The number of methoxy groups -OCH3 is 1. The molecular weight excluding hydrogens is 825 g/mol. The van der Waals surface area contributed by atoms with Crippen molar-refractivity contribution in [3.05, 3.63) is 72.1 Å². The van der Waals surface area contributed by atoms with Gasteiger partial charge in [0.25, 0.3) is 5.91 Å². The van der Waals surface area contributed by atoms with E-state index in [0.29, 0.717) is 45.3 Å². The van der Waals surface area contributed by atoms with Crippen LogP contribution in [0.25, 0.3) is 22.2 Å². The predicted octanol–water partition coefficient (Wildman–Crippen LogP) is 5.58. The van der Waals surface area contributed by atoms with Crippen molar-refractivity contribution in [2.45, 2.75) is 111 Å². The first-order valence-electron chi connectivity index (χ1n) is 23.3. The first-order valence-corrected chi connectivity index (χ1v) is 23.3. The first kappa shape index (κ1) is 47.4. The van der Waals surface area contributed by atoms with Gasteiger partial charge in [-0.3, -0.25) is 34.0 Å². The molecule has 350 valence electrons. The average Bonchev–Trinajstić information content (AvgIpc) is 3.92. The van der Waals surface area contributed by atoms with Crippen molar-refractivity contribution in [1.82, 2.24) is 35.1 Å². The van der Waals surface area contributed by atoms with E-state index in [1.807, 2.05) is 26.8 Å². The van der Waals surface area contributed by atoms with Crippen molar-refractivity contribution in [3.8, 4) is 11.3 Å². The number of esters is 1. The maximum atomic E-state index is 14.7. The molecule has 5 atom stereocenters. The number of hydrogen-bond donors (Lipinski definition) is 2. The second-order valence-electron chi connectivity index (χ2n) is 19.3. The van der Waals surface area contributed by atoms with E-state index in [9.17, 15) is 24.0 Å². The summed E-state index contributed by atoms with van der Waals surface area (Å²) in [6.07, 6.45) is 8.09. The zero-order valence-electron chi connectivity index (χ0n) is 39.5. The van der Waals surface area contributed by atoms with Crippen LogP contribution in [0.2, 0.25) is 0 Å². The van der Waals surface area contributed by atoms with Crippen molar-refractivity contribution in [3.63, 3.8) is 0 Å². The van der Waals surface area contributed by atoms with E-state index in [-0.39, 0.29) is 49.3 Å². The summed E-state index contributed by atoms with van der Waals surface area (Å²) in [5.74, 6) is -2.44. The number of aromatic nitrogens is 2. The Labute approximate surface area is 383 Å². The molecule has 6 heterocycles. The van der Waals surface area contributed by atoms with Crippen LogP contribution in [0.1, 0.15) is 91.0 Å². The summed E-state index contributed by atoms with van der Waals surface area (Å²) >= 11 is 0. The molecule has 0 unspecified atom stereocenters. The van der Waals surface area contributed by atoms with Crippen LogP contribution in [0.4, 0.5) is 5.69 Å². The standard InChI is InChI=1S/C50H68N8O7/c1-10-42(59)56-24-20-34(29-56)47(61)54(8)44(31(3)4)46(60)52-40-25-33-15-13-22-55(28-33)35-18-19-41-37(26-35)38(45(57(41)11-2)36-16-12-21-51-43(36)32(5)64-9)27-50(6,7)30-65-49(63)39-17-14-23-58(53-39)48(40)62/h10,12,15-16,18-19,21,26,31-32,34,39-40,44,53H,1,11,13-14,17,20,22-25,27-30H2,2-9H3,(H,52,60)/t32-,34-,39-,40-,44-/m0/s1. The number of hydrogen-bond acceptors (Lipinski definition) is 10. The van der Waals surface area contributed by atoms with E-state index in [1.54, 1.807) is 25.3 Å². The molecular formula is C50H68N8O7. The molecule has 4 aliphatic heterocycles. The fraction of sp³-hybridized carbons (Fsp3) is 0.560. The number of cyclic esters (lactones) is 1. The number of pyridine rings is 1. The highest BCUT2D eigenvalue weighted by Gasteiger charge is 2.40. The molecule has 15 heteroatoms. The Kier molecular flexibility index (Phi) is 14.5. The number of carbonyl (C=O) groups is 5. The van der Waals surface area contributed by atoms with Gasteiger partial charge in [0.05, 0.1) is 30.0 Å². The molecule has 0 aliphatic carbocycles. The van der Waals surface area contributed by atoms with Gasteiger partial charge in [0.1, 0.15) is 18.1 Å². The van der Waals surface area contributed by atoms with Crippen LogP contribution >= 0.6 is 0 Å². The number of anilines is 1. The zero-order chi connectivity index (χ0) is 46.7. The van der Waals surface area contributed by atoms with E-state index in [2.05, 4.69) is 77.9 Å². The topological polar surface area (TPSA) is 159 Å². The van der Waals surface area contributed by atoms with Gasteiger partial charge >= 0.3 is 5.97 Å². The van der Waals surface area contributed by atoms with E-state index in [1.165, 1.54) is 16.0 Å². The number of hydrazine groups is 1. The van der Waals surface area contributed by atoms with Crippen molar-refractivity contribution in [1.29, 1.82) is 0 Å². The molecule has 2 aromatic heterocycles. The van der Waals surface area contributed by atoms with Gasteiger partial charge in [0.2, 0.25) is 17.7 Å². The third kappa shape index (κ3) is 10.0. The number of amides is 4. The Morgan fingerprint density at radius 3 is 2.63 bits per heavy atom. The molecule has 6 bridgehead atoms. The van der Waals surface area contributed by atoms with Gasteiger partial charge in [-0.1, -0.05) is 45.9 Å². The lowest BCUT2D eigenvalue weighted by molar-refractivity contribution is -0.155. The summed E-state index contributed by atoms with van der Waals surface area (Å²) in [6, 6.07) is 8.06. The summed E-state index contributed by atoms with van der Waals surface area (Å²) in [5, 5.41) is 5.67. The van der Waals surface area contributed by atoms with Crippen molar-refractivity contribution in [2.24, 2.45) is 17.3 Å². The van der Waals surface area contributed by atoms with E-state index in [4.69, 9.17) is 14.5 Å². The van der Waals surface area contributed by atoms with Crippen molar-refractivity contribution >= 4 is 46.2 Å². The Hall–Kier alpha value is -5.54. The van der Waals surface area contributed by atoms with Gasteiger partial charge in [-0.2, -0.15) is 0 Å². The minimum absolute atomic E-state index is 0.148. The summed E-state index contributed by atoms with van der Waals surface area (Å²) in [6.45, 7) is 18.9. The Balaban J connectivity index is 1.25.